The number of hydrogen-bond donors (Lipinski definition) is 1. The Morgan fingerprint density at radius 3 is 2.71 bits per heavy atom. The fourth-order valence-corrected chi connectivity index (χ4v) is 2.62. The zero-order valence-electron chi connectivity index (χ0n) is 11.6. The van der Waals surface area contributed by atoms with Crippen LogP contribution in [0.3, 0.4) is 0 Å². The normalized spacial score (nSPS) is 23.9. The Balaban J connectivity index is 2.17. The van der Waals surface area contributed by atoms with Crippen LogP contribution < -0.4 is 5.73 Å². The average Bonchev–Trinajstić information content (AvgIpc) is 2.23. The molecule has 0 bridgehead atoms. The number of likely N-dealkylation sites (tertiary alicyclic amines) is 1. The van der Waals surface area contributed by atoms with E-state index in [4.69, 9.17) is 11.0 Å². The number of hydrogen-bond acceptors (Lipinski definition) is 3. The van der Waals surface area contributed by atoms with Crippen LogP contribution in [0.4, 0.5) is 0 Å². The highest BCUT2D eigenvalue weighted by Crippen LogP contribution is 2.28. The summed E-state index contributed by atoms with van der Waals surface area (Å²) >= 11 is 0. The van der Waals surface area contributed by atoms with Crippen molar-refractivity contribution in [1.29, 1.82) is 5.26 Å². The first kappa shape index (κ1) is 14.5. The summed E-state index contributed by atoms with van der Waals surface area (Å²) < 4.78 is 0. The van der Waals surface area contributed by atoms with Gasteiger partial charge in [-0.3, -0.25) is 0 Å². The van der Waals surface area contributed by atoms with E-state index in [-0.39, 0.29) is 0 Å². The van der Waals surface area contributed by atoms with E-state index < -0.39 is 5.54 Å². The van der Waals surface area contributed by atoms with Crippen LogP contribution in [-0.4, -0.2) is 30.1 Å². The lowest BCUT2D eigenvalue weighted by atomic mass is 9.84. The standard InChI is InChI=1S/C14H27N3/c1-13(2)7-6-10-17(12-13)9-5-4-8-14(3,16)11-15/h4-10,12,16H2,1-3H3. The number of nitrogens with zero attached hydrogens (tertiary/aromatic N) is 2. The van der Waals surface area contributed by atoms with E-state index in [0.717, 1.165) is 25.8 Å². The fourth-order valence-electron chi connectivity index (χ4n) is 2.62. The summed E-state index contributed by atoms with van der Waals surface area (Å²) in [5.74, 6) is 0. The topological polar surface area (TPSA) is 53.1 Å². The van der Waals surface area contributed by atoms with Gasteiger partial charge in [-0.05, 0) is 57.5 Å². The minimum atomic E-state index is -0.638. The van der Waals surface area contributed by atoms with Crippen molar-refractivity contribution in [1.82, 2.24) is 4.90 Å². The van der Waals surface area contributed by atoms with Crippen LogP contribution in [0.25, 0.3) is 0 Å². The van der Waals surface area contributed by atoms with E-state index in [9.17, 15) is 0 Å². The molecule has 0 radical (unpaired) electrons. The third-order valence-electron chi connectivity index (χ3n) is 3.66. The quantitative estimate of drug-likeness (QED) is 0.748. The molecule has 17 heavy (non-hydrogen) atoms. The van der Waals surface area contributed by atoms with Gasteiger partial charge in [-0.2, -0.15) is 5.26 Å². The molecule has 1 heterocycles. The largest absolute Gasteiger partial charge is 0.314 e. The second kappa shape index (κ2) is 5.84. The van der Waals surface area contributed by atoms with Gasteiger partial charge in [0.2, 0.25) is 0 Å². The molecule has 1 unspecified atom stereocenters. The molecule has 1 saturated heterocycles. The summed E-state index contributed by atoms with van der Waals surface area (Å²) in [5, 5.41) is 8.83. The summed E-state index contributed by atoms with van der Waals surface area (Å²) in [6, 6.07) is 2.16. The van der Waals surface area contributed by atoms with Gasteiger partial charge in [0.25, 0.3) is 0 Å². The first-order valence-electron chi connectivity index (χ1n) is 6.77. The van der Waals surface area contributed by atoms with Crippen molar-refractivity contribution in [2.45, 2.75) is 58.4 Å². The third-order valence-corrected chi connectivity index (χ3v) is 3.66. The molecular formula is C14H27N3. The van der Waals surface area contributed by atoms with Gasteiger partial charge in [-0.1, -0.05) is 13.8 Å². The highest BCUT2D eigenvalue weighted by atomic mass is 15.1. The Labute approximate surface area is 106 Å². The monoisotopic (exact) mass is 237 g/mol. The van der Waals surface area contributed by atoms with E-state index in [1.54, 1.807) is 0 Å². The molecule has 1 aliphatic rings. The van der Waals surface area contributed by atoms with Gasteiger partial charge >= 0.3 is 0 Å². The van der Waals surface area contributed by atoms with Gasteiger partial charge in [0, 0.05) is 6.54 Å². The Morgan fingerprint density at radius 2 is 2.12 bits per heavy atom. The smallest absolute Gasteiger partial charge is 0.101 e. The molecule has 98 valence electrons. The van der Waals surface area contributed by atoms with Gasteiger partial charge in [0.1, 0.15) is 5.54 Å². The van der Waals surface area contributed by atoms with Crippen molar-refractivity contribution >= 4 is 0 Å². The zero-order chi connectivity index (χ0) is 12.9. The summed E-state index contributed by atoms with van der Waals surface area (Å²) in [6.07, 6.45) is 5.68. The lowest BCUT2D eigenvalue weighted by Gasteiger charge is -2.38. The van der Waals surface area contributed by atoms with E-state index in [0.29, 0.717) is 5.41 Å². The maximum absolute atomic E-state index is 8.83. The van der Waals surface area contributed by atoms with Gasteiger partial charge in [0.05, 0.1) is 6.07 Å². The molecule has 0 spiro atoms. The summed E-state index contributed by atoms with van der Waals surface area (Å²) in [4.78, 5) is 2.56. The van der Waals surface area contributed by atoms with Gasteiger partial charge in [-0.25, -0.2) is 0 Å². The molecule has 1 atom stereocenters. The molecule has 0 aromatic rings. The SMILES string of the molecule is CC(N)(C#N)CCCCN1CCCC(C)(C)C1. The summed E-state index contributed by atoms with van der Waals surface area (Å²) in [6.45, 7) is 10.1. The molecule has 2 N–H and O–H groups in total. The second-order valence-electron chi connectivity index (χ2n) is 6.53. The lowest BCUT2D eigenvalue weighted by molar-refractivity contribution is 0.115. The number of piperidine rings is 1. The third kappa shape index (κ3) is 5.52. The fraction of sp³-hybridized carbons (Fsp3) is 0.929. The van der Waals surface area contributed by atoms with E-state index in [2.05, 4.69) is 24.8 Å². The Kier molecular flexibility index (Phi) is 4.97. The first-order valence-corrected chi connectivity index (χ1v) is 6.77. The molecule has 0 aliphatic carbocycles. The van der Waals surface area contributed by atoms with Crippen LogP contribution >= 0.6 is 0 Å². The number of rotatable bonds is 5. The minimum absolute atomic E-state index is 0.479. The molecule has 0 aromatic carbocycles. The van der Waals surface area contributed by atoms with Crippen LogP contribution in [-0.2, 0) is 0 Å². The maximum Gasteiger partial charge on any atom is 0.101 e. The van der Waals surface area contributed by atoms with Gasteiger partial charge < -0.3 is 10.6 Å². The summed E-state index contributed by atoms with van der Waals surface area (Å²) in [5.41, 5.74) is 5.65. The maximum atomic E-state index is 8.83. The number of unbranched alkanes of at least 4 members (excludes halogenated alkanes) is 1. The summed E-state index contributed by atoms with van der Waals surface area (Å²) in [7, 11) is 0. The van der Waals surface area contributed by atoms with Crippen molar-refractivity contribution in [2.75, 3.05) is 19.6 Å². The van der Waals surface area contributed by atoms with Crippen molar-refractivity contribution in [3.63, 3.8) is 0 Å². The van der Waals surface area contributed by atoms with Gasteiger partial charge in [-0.15, -0.1) is 0 Å². The Bertz CT molecular complexity index is 276. The van der Waals surface area contributed by atoms with Crippen LogP contribution in [0.1, 0.15) is 52.9 Å². The highest BCUT2D eigenvalue weighted by Gasteiger charge is 2.25. The zero-order valence-corrected chi connectivity index (χ0v) is 11.6. The van der Waals surface area contributed by atoms with E-state index in [1.807, 2.05) is 6.92 Å². The van der Waals surface area contributed by atoms with Crippen molar-refractivity contribution in [3.8, 4) is 6.07 Å². The van der Waals surface area contributed by atoms with Crippen LogP contribution in [0.2, 0.25) is 0 Å². The molecule has 1 aliphatic heterocycles. The first-order chi connectivity index (χ1) is 7.85. The number of nitrogens with two attached hydrogens (primary N) is 1. The molecule has 0 amide bonds. The molecule has 0 saturated carbocycles. The van der Waals surface area contributed by atoms with E-state index >= 15 is 0 Å². The lowest BCUT2D eigenvalue weighted by Crippen LogP contribution is -2.40. The van der Waals surface area contributed by atoms with E-state index in [1.165, 1.54) is 25.9 Å². The number of nitriles is 1. The van der Waals surface area contributed by atoms with Crippen molar-refractivity contribution in [2.24, 2.45) is 11.1 Å². The molecule has 1 rings (SSSR count). The molecule has 3 heteroatoms. The molecular weight excluding hydrogens is 210 g/mol. The predicted molar refractivity (Wildman–Crippen MR) is 71.5 cm³/mol. The Morgan fingerprint density at radius 1 is 1.41 bits per heavy atom. The minimum Gasteiger partial charge on any atom is -0.314 e. The van der Waals surface area contributed by atoms with Crippen molar-refractivity contribution < 1.29 is 0 Å². The molecule has 1 fully saturated rings. The average molecular weight is 237 g/mol. The second-order valence-corrected chi connectivity index (χ2v) is 6.53. The van der Waals surface area contributed by atoms with Gasteiger partial charge in [0.15, 0.2) is 0 Å². The van der Waals surface area contributed by atoms with Crippen LogP contribution in [0.15, 0.2) is 0 Å². The highest BCUT2D eigenvalue weighted by molar-refractivity contribution is 5.00. The molecule has 0 aromatic heterocycles. The van der Waals surface area contributed by atoms with Crippen LogP contribution in [0.5, 0.6) is 0 Å². The molecule has 3 nitrogen and oxygen atoms in total. The Hall–Kier alpha value is -0.590. The predicted octanol–water partition coefficient (Wildman–Crippen LogP) is 2.52. The van der Waals surface area contributed by atoms with Crippen LogP contribution in [0, 0.1) is 16.7 Å². The van der Waals surface area contributed by atoms with Crippen molar-refractivity contribution in [3.05, 3.63) is 0 Å².